The molecule has 1 aliphatic heterocycles. The molecule has 1 aromatic heterocycles. The minimum Gasteiger partial charge on any atom is -0.338 e. The van der Waals surface area contributed by atoms with Crippen molar-refractivity contribution in [3.05, 3.63) is 5.89 Å². The third-order valence-corrected chi connectivity index (χ3v) is 3.26. The summed E-state index contributed by atoms with van der Waals surface area (Å²) in [4.78, 5) is 6.59. The molecule has 1 saturated heterocycles. The molecule has 1 atom stereocenters. The van der Waals surface area contributed by atoms with Gasteiger partial charge in [-0.25, -0.2) is 0 Å². The standard InChI is InChI=1S/C12H22N4O/c1-2-3-7-10(13)11-14-12(15-17-11)16-8-5-4-6-9-16/h10H,2-9,13H2,1H3/t10-/m0/s1. The van der Waals surface area contributed by atoms with Gasteiger partial charge in [0, 0.05) is 13.1 Å². The maximum atomic E-state index is 6.01. The molecule has 0 amide bonds. The van der Waals surface area contributed by atoms with Crippen molar-refractivity contribution >= 4 is 5.95 Å². The lowest BCUT2D eigenvalue weighted by Crippen LogP contribution is -2.30. The molecule has 0 saturated carbocycles. The van der Waals surface area contributed by atoms with Gasteiger partial charge in [-0.1, -0.05) is 19.8 Å². The predicted molar refractivity (Wildman–Crippen MR) is 66.8 cm³/mol. The minimum atomic E-state index is -0.110. The molecule has 5 heteroatoms. The average molecular weight is 238 g/mol. The Bertz CT molecular complexity index is 333. The Morgan fingerprint density at radius 3 is 2.82 bits per heavy atom. The van der Waals surface area contributed by atoms with E-state index in [-0.39, 0.29) is 6.04 Å². The topological polar surface area (TPSA) is 68.2 Å². The maximum absolute atomic E-state index is 6.01. The van der Waals surface area contributed by atoms with Crippen LogP contribution in [0.5, 0.6) is 0 Å². The van der Waals surface area contributed by atoms with Gasteiger partial charge in [0.25, 0.3) is 5.95 Å². The number of anilines is 1. The number of hydrogen-bond donors (Lipinski definition) is 1. The molecule has 96 valence electrons. The average Bonchev–Trinajstić information content (AvgIpc) is 2.86. The first-order valence-corrected chi connectivity index (χ1v) is 6.65. The van der Waals surface area contributed by atoms with Crippen molar-refractivity contribution in [2.24, 2.45) is 5.73 Å². The van der Waals surface area contributed by atoms with Crippen LogP contribution in [0.4, 0.5) is 5.95 Å². The van der Waals surface area contributed by atoms with Crippen LogP contribution in [0.1, 0.15) is 57.4 Å². The lowest BCUT2D eigenvalue weighted by atomic mass is 10.1. The third-order valence-electron chi connectivity index (χ3n) is 3.26. The van der Waals surface area contributed by atoms with E-state index in [1.165, 1.54) is 19.3 Å². The third kappa shape index (κ3) is 3.19. The molecular formula is C12H22N4O. The molecule has 2 rings (SSSR count). The molecule has 1 fully saturated rings. The normalized spacial score (nSPS) is 18.4. The second-order valence-electron chi connectivity index (χ2n) is 4.73. The molecule has 2 heterocycles. The van der Waals surface area contributed by atoms with E-state index >= 15 is 0 Å². The van der Waals surface area contributed by atoms with Crippen LogP contribution in [0, 0.1) is 0 Å². The fourth-order valence-corrected chi connectivity index (χ4v) is 2.15. The Morgan fingerprint density at radius 1 is 1.35 bits per heavy atom. The highest BCUT2D eigenvalue weighted by Crippen LogP contribution is 2.20. The summed E-state index contributed by atoms with van der Waals surface area (Å²) < 4.78 is 5.25. The Hall–Kier alpha value is -1.10. The second kappa shape index (κ2) is 6.00. The first kappa shape index (κ1) is 12.4. The lowest BCUT2D eigenvalue weighted by Gasteiger charge is -2.24. The fraction of sp³-hybridized carbons (Fsp3) is 0.833. The molecule has 0 bridgehead atoms. The Labute approximate surface area is 102 Å². The van der Waals surface area contributed by atoms with Crippen molar-refractivity contribution in [1.82, 2.24) is 10.1 Å². The number of aromatic nitrogens is 2. The van der Waals surface area contributed by atoms with Gasteiger partial charge in [-0.05, 0) is 30.8 Å². The molecule has 0 aromatic carbocycles. The van der Waals surface area contributed by atoms with Gasteiger partial charge in [0.2, 0.25) is 5.89 Å². The summed E-state index contributed by atoms with van der Waals surface area (Å²) in [6.07, 6.45) is 6.89. The van der Waals surface area contributed by atoms with E-state index in [1.54, 1.807) is 0 Å². The van der Waals surface area contributed by atoms with E-state index in [9.17, 15) is 0 Å². The highest BCUT2D eigenvalue weighted by atomic mass is 16.5. The van der Waals surface area contributed by atoms with Crippen LogP contribution < -0.4 is 10.6 Å². The van der Waals surface area contributed by atoms with Crippen LogP contribution >= 0.6 is 0 Å². The first-order chi connectivity index (χ1) is 8.31. The Balaban J connectivity index is 1.94. The second-order valence-corrected chi connectivity index (χ2v) is 4.73. The molecular weight excluding hydrogens is 216 g/mol. The van der Waals surface area contributed by atoms with E-state index in [0.29, 0.717) is 11.8 Å². The van der Waals surface area contributed by atoms with Crippen LogP contribution in [0.15, 0.2) is 4.52 Å². The summed E-state index contributed by atoms with van der Waals surface area (Å²) in [6.45, 7) is 4.21. The van der Waals surface area contributed by atoms with Crippen LogP contribution in [0.2, 0.25) is 0 Å². The molecule has 0 unspecified atom stereocenters. The summed E-state index contributed by atoms with van der Waals surface area (Å²) in [7, 11) is 0. The molecule has 5 nitrogen and oxygen atoms in total. The van der Waals surface area contributed by atoms with Crippen molar-refractivity contribution in [1.29, 1.82) is 0 Å². The number of piperidine rings is 1. The van der Waals surface area contributed by atoms with E-state index in [0.717, 1.165) is 32.4 Å². The highest BCUT2D eigenvalue weighted by molar-refractivity contribution is 5.28. The summed E-state index contributed by atoms with van der Waals surface area (Å²) in [5.41, 5.74) is 6.01. The van der Waals surface area contributed by atoms with Gasteiger partial charge in [0.15, 0.2) is 0 Å². The molecule has 0 radical (unpaired) electrons. The summed E-state index contributed by atoms with van der Waals surface area (Å²) in [5.74, 6) is 1.30. The summed E-state index contributed by atoms with van der Waals surface area (Å²) in [5, 5.41) is 4.03. The molecule has 0 spiro atoms. The van der Waals surface area contributed by atoms with Gasteiger partial charge < -0.3 is 15.2 Å². The zero-order valence-electron chi connectivity index (χ0n) is 10.6. The zero-order chi connectivity index (χ0) is 12.1. The summed E-state index contributed by atoms with van der Waals surface area (Å²) >= 11 is 0. The van der Waals surface area contributed by atoms with Gasteiger partial charge in [-0.15, -0.1) is 0 Å². The monoisotopic (exact) mass is 238 g/mol. The summed E-state index contributed by atoms with van der Waals surface area (Å²) in [6, 6.07) is -0.110. The Morgan fingerprint density at radius 2 is 2.12 bits per heavy atom. The zero-order valence-corrected chi connectivity index (χ0v) is 10.6. The van der Waals surface area contributed by atoms with Crippen LogP contribution in [-0.4, -0.2) is 23.2 Å². The van der Waals surface area contributed by atoms with Gasteiger partial charge >= 0.3 is 0 Å². The number of hydrogen-bond acceptors (Lipinski definition) is 5. The first-order valence-electron chi connectivity index (χ1n) is 6.65. The number of nitrogens with two attached hydrogens (primary N) is 1. The van der Waals surface area contributed by atoms with Crippen LogP contribution in [0.25, 0.3) is 0 Å². The molecule has 2 N–H and O–H groups in total. The molecule has 1 aliphatic rings. The van der Waals surface area contributed by atoms with E-state index in [4.69, 9.17) is 10.3 Å². The SMILES string of the molecule is CCCC[C@H](N)c1nc(N2CCCCC2)no1. The van der Waals surface area contributed by atoms with Crippen LogP contribution in [0.3, 0.4) is 0 Å². The van der Waals surface area contributed by atoms with Crippen molar-refractivity contribution in [3.8, 4) is 0 Å². The molecule has 1 aromatic rings. The van der Waals surface area contributed by atoms with Gasteiger partial charge in [-0.2, -0.15) is 4.98 Å². The van der Waals surface area contributed by atoms with Crippen molar-refractivity contribution in [3.63, 3.8) is 0 Å². The molecule has 17 heavy (non-hydrogen) atoms. The van der Waals surface area contributed by atoms with Crippen molar-refractivity contribution < 1.29 is 4.52 Å². The lowest BCUT2D eigenvalue weighted by molar-refractivity contribution is 0.345. The maximum Gasteiger partial charge on any atom is 0.266 e. The predicted octanol–water partition coefficient (Wildman–Crippen LogP) is 2.25. The number of rotatable bonds is 5. The van der Waals surface area contributed by atoms with Gasteiger partial charge in [0.05, 0.1) is 6.04 Å². The Kier molecular flexibility index (Phi) is 4.36. The molecule has 0 aliphatic carbocycles. The quantitative estimate of drug-likeness (QED) is 0.852. The van der Waals surface area contributed by atoms with Crippen LogP contribution in [-0.2, 0) is 0 Å². The van der Waals surface area contributed by atoms with Gasteiger partial charge in [0.1, 0.15) is 0 Å². The van der Waals surface area contributed by atoms with Gasteiger partial charge in [-0.3, -0.25) is 0 Å². The minimum absolute atomic E-state index is 0.110. The van der Waals surface area contributed by atoms with E-state index < -0.39 is 0 Å². The smallest absolute Gasteiger partial charge is 0.266 e. The largest absolute Gasteiger partial charge is 0.338 e. The highest BCUT2D eigenvalue weighted by Gasteiger charge is 2.19. The fourth-order valence-electron chi connectivity index (χ4n) is 2.15. The van der Waals surface area contributed by atoms with E-state index in [2.05, 4.69) is 22.0 Å². The van der Waals surface area contributed by atoms with Crippen molar-refractivity contribution in [2.75, 3.05) is 18.0 Å². The van der Waals surface area contributed by atoms with Crippen molar-refractivity contribution in [2.45, 2.75) is 51.5 Å². The van der Waals surface area contributed by atoms with E-state index in [1.807, 2.05) is 0 Å². The number of unbranched alkanes of at least 4 members (excludes halogenated alkanes) is 1. The number of nitrogens with zero attached hydrogens (tertiary/aromatic N) is 3.